The second kappa shape index (κ2) is 4.53. The Morgan fingerprint density at radius 3 is 2.88 bits per heavy atom. The Labute approximate surface area is 92.6 Å². The molecule has 1 amide bonds. The highest BCUT2D eigenvalue weighted by atomic mass is 16.5. The number of ether oxygens (including phenoxy) is 1. The van der Waals surface area contributed by atoms with Crippen LogP contribution < -0.4 is 10.5 Å². The minimum absolute atomic E-state index is 0.329. The van der Waals surface area contributed by atoms with E-state index in [1.54, 1.807) is 36.6 Å². The fourth-order valence-electron chi connectivity index (χ4n) is 1.29. The van der Waals surface area contributed by atoms with E-state index in [4.69, 9.17) is 14.9 Å². The van der Waals surface area contributed by atoms with Gasteiger partial charge < -0.3 is 14.9 Å². The van der Waals surface area contributed by atoms with E-state index < -0.39 is 5.91 Å². The van der Waals surface area contributed by atoms with Gasteiger partial charge in [0.15, 0.2) is 0 Å². The highest BCUT2D eigenvalue weighted by molar-refractivity contribution is 5.93. The molecule has 4 nitrogen and oxygen atoms in total. The number of nitrogens with two attached hydrogens (primary N) is 1. The minimum atomic E-state index is -0.469. The van der Waals surface area contributed by atoms with Crippen molar-refractivity contribution in [3.63, 3.8) is 0 Å². The molecule has 1 aromatic carbocycles. The molecule has 0 atom stereocenters. The summed E-state index contributed by atoms with van der Waals surface area (Å²) in [5, 5.41) is 0. The van der Waals surface area contributed by atoms with E-state index in [2.05, 4.69) is 0 Å². The first-order chi connectivity index (χ1) is 7.75. The van der Waals surface area contributed by atoms with Gasteiger partial charge in [-0.05, 0) is 30.3 Å². The van der Waals surface area contributed by atoms with Crippen molar-refractivity contribution in [3.05, 3.63) is 54.0 Å². The van der Waals surface area contributed by atoms with Crippen molar-refractivity contribution < 1.29 is 13.9 Å². The summed E-state index contributed by atoms with van der Waals surface area (Å²) in [7, 11) is 0. The number of hydrogen-bond donors (Lipinski definition) is 1. The molecule has 0 spiro atoms. The topological polar surface area (TPSA) is 65.5 Å². The molecule has 0 unspecified atom stereocenters. The molecule has 82 valence electrons. The summed E-state index contributed by atoms with van der Waals surface area (Å²) in [6.07, 6.45) is 1.58. The Morgan fingerprint density at radius 1 is 1.31 bits per heavy atom. The number of carbonyl (C=O) groups is 1. The molecule has 1 aromatic heterocycles. The van der Waals surface area contributed by atoms with Gasteiger partial charge in [0.2, 0.25) is 5.91 Å². The van der Waals surface area contributed by atoms with Gasteiger partial charge in [-0.2, -0.15) is 0 Å². The number of rotatable bonds is 4. The zero-order valence-electron chi connectivity index (χ0n) is 8.55. The van der Waals surface area contributed by atoms with Gasteiger partial charge in [-0.15, -0.1) is 0 Å². The van der Waals surface area contributed by atoms with Crippen LogP contribution in [-0.4, -0.2) is 5.91 Å². The average Bonchev–Trinajstić information content (AvgIpc) is 2.79. The Kier molecular flexibility index (Phi) is 2.91. The van der Waals surface area contributed by atoms with Gasteiger partial charge >= 0.3 is 0 Å². The molecule has 2 rings (SSSR count). The third kappa shape index (κ3) is 2.42. The normalized spacial score (nSPS) is 10.0. The summed E-state index contributed by atoms with van der Waals surface area (Å²) in [5.41, 5.74) is 5.59. The quantitative estimate of drug-likeness (QED) is 0.851. The number of primary amides is 1. The largest absolute Gasteiger partial charge is 0.486 e. The number of amides is 1. The van der Waals surface area contributed by atoms with Crippen LogP contribution in [0.15, 0.2) is 47.1 Å². The Balaban J connectivity index is 2.04. The van der Waals surface area contributed by atoms with Crippen LogP contribution in [-0.2, 0) is 6.61 Å². The molecule has 1 heterocycles. The lowest BCUT2D eigenvalue weighted by atomic mass is 10.2. The second-order valence-corrected chi connectivity index (χ2v) is 3.26. The maximum absolute atomic E-state index is 10.9. The second-order valence-electron chi connectivity index (χ2n) is 3.26. The van der Waals surface area contributed by atoms with Gasteiger partial charge in [-0.3, -0.25) is 4.79 Å². The van der Waals surface area contributed by atoms with Crippen LogP contribution in [0, 0.1) is 0 Å². The van der Waals surface area contributed by atoms with Crippen molar-refractivity contribution in [2.24, 2.45) is 5.73 Å². The Hall–Kier alpha value is -2.23. The van der Waals surface area contributed by atoms with E-state index in [-0.39, 0.29) is 0 Å². The van der Waals surface area contributed by atoms with Crippen molar-refractivity contribution in [2.45, 2.75) is 6.61 Å². The van der Waals surface area contributed by atoms with Gasteiger partial charge in [0.25, 0.3) is 0 Å². The number of furan rings is 1. The summed E-state index contributed by atoms with van der Waals surface area (Å²) < 4.78 is 10.6. The van der Waals surface area contributed by atoms with Crippen LogP contribution in [0.5, 0.6) is 5.75 Å². The lowest BCUT2D eigenvalue weighted by Gasteiger charge is -2.04. The molecule has 16 heavy (non-hydrogen) atoms. The summed E-state index contributed by atoms with van der Waals surface area (Å²) in [6.45, 7) is 0.329. The molecule has 2 N–H and O–H groups in total. The Morgan fingerprint density at radius 2 is 2.19 bits per heavy atom. The third-order valence-corrected chi connectivity index (χ3v) is 2.08. The van der Waals surface area contributed by atoms with Gasteiger partial charge in [0.05, 0.1) is 6.26 Å². The minimum Gasteiger partial charge on any atom is -0.486 e. The van der Waals surface area contributed by atoms with Crippen LogP contribution in [0.1, 0.15) is 16.1 Å². The summed E-state index contributed by atoms with van der Waals surface area (Å²) in [4.78, 5) is 10.9. The number of hydrogen-bond acceptors (Lipinski definition) is 3. The monoisotopic (exact) mass is 217 g/mol. The average molecular weight is 217 g/mol. The zero-order chi connectivity index (χ0) is 11.4. The fourth-order valence-corrected chi connectivity index (χ4v) is 1.29. The highest BCUT2D eigenvalue weighted by Crippen LogP contribution is 2.14. The smallest absolute Gasteiger partial charge is 0.248 e. The maximum Gasteiger partial charge on any atom is 0.248 e. The molecule has 0 saturated heterocycles. The molecule has 0 saturated carbocycles. The summed E-state index contributed by atoms with van der Waals surface area (Å²) in [5.74, 6) is 0.848. The maximum atomic E-state index is 10.9. The molecule has 0 aliphatic heterocycles. The van der Waals surface area contributed by atoms with Crippen molar-refractivity contribution >= 4 is 5.91 Å². The van der Waals surface area contributed by atoms with Crippen LogP contribution in [0.3, 0.4) is 0 Å². The van der Waals surface area contributed by atoms with E-state index in [0.717, 1.165) is 5.76 Å². The van der Waals surface area contributed by atoms with Crippen LogP contribution in [0.2, 0.25) is 0 Å². The first-order valence-corrected chi connectivity index (χ1v) is 4.81. The first kappa shape index (κ1) is 10.3. The van der Waals surface area contributed by atoms with Crippen molar-refractivity contribution in [3.8, 4) is 5.75 Å². The predicted octanol–water partition coefficient (Wildman–Crippen LogP) is 1.96. The molecule has 0 fully saturated rings. The molecule has 4 heteroatoms. The molecule has 0 aliphatic carbocycles. The zero-order valence-corrected chi connectivity index (χ0v) is 8.55. The molecule has 0 radical (unpaired) electrons. The van der Waals surface area contributed by atoms with Gasteiger partial charge in [-0.25, -0.2) is 0 Å². The summed E-state index contributed by atoms with van der Waals surface area (Å²) in [6, 6.07) is 10.3. The number of carbonyl (C=O) groups excluding carboxylic acids is 1. The lowest BCUT2D eigenvalue weighted by Crippen LogP contribution is -2.10. The Bertz CT molecular complexity index is 477. The van der Waals surface area contributed by atoms with E-state index in [0.29, 0.717) is 17.9 Å². The fraction of sp³-hybridized carbons (Fsp3) is 0.0833. The lowest BCUT2D eigenvalue weighted by molar-refractivity contribution is 0.1000. The van der Waals surface area contributed by atoms with Crippen molar-refractivity contribution in [1.82, 2.24) is 0 Å². The van der Waals surface area contributed by atoms with Crippen molar-refractivity contribution in [2.75, 3.05) is 0 Å². The highest BCUT2D eigenvalue weighted by Gasteiger charge is 2.02. The van der Waals surface area contributed by atoms with Gasteiger partial charge in [0.1, 0.15) is 18.1 Å². The molecule has 0 aliphatic rings. The van der Waals surface area contributed by atoms with E-state index >= 15 is 0 Å². The van der Waals surface area contributed by atoms with Crippen molar-refractivity contribution in [1.29, 1.82) is 0 Å². The van der Waals surface area contributed by atoms with E-state index in [1.807, 2.05) is 6.07 Å². The van der Waals surface area contributed by atoms with Crippen LogP contribution in [0.25, 0.3) is 0 Å². The predicted molar refractivity (Wildman–Crippen MR) is 58.0 cm³/mol. The first-order valence-electron chi connectivity index (χ1n) is 4.81. The standard InChI is InChI=1S/C12H11NO3/c13-12(14)9-3-1-4-10(7-9)16-8-11-5-2-6-15-11/h1-7H,8H2,(H2,13,14). The molecule has 0 bridgehead atoms. The van der Waals surface area contributed by atoms with Crippen LogP contribution >= 0.6 is 0 Å². The molecular formula is C12H11NO3. The summed E-state index contributed by atoms with van der Waals surface area (Å²) >= 11 is 0. The molecule has 2 aromatic rings. The van der Waals surface area contributed by atoms with Gasteiger partial charge in [0, 0.05) is 5.56 Å². The van der Waals surface area contributed by atoms with E-state index in [1.165, 1.54) is 0 Å². The van der Waals surface area contributed by atoms with Crippen LogP contribution in [0.4, 0.5) is 0 Å². The SMILES string of the molecule is NC(=O)c1cccc(OCc2ccco2)c1. The number of benzene rings is 1. The van der Waals surface area contributed by atoms with E-state index in [9.17, 15) is 4.79 Å². The van der Waals surface area contributed by atoms with Gasteiger partial charge in [-0.1, -0.05) is 6.07 Å². The molecular weight excluding hydrogens is 206 g/mol. The third-order valence-electron chi connectivity index (χ3n) is 2.08.